The van der Waals surface area contributed by atoms with Gasteiger partial charge in [-0.25, -0.2) is 9.97 Å². The lowest BCUT2D eigenvalue weighted by atomic mass is 10.0. The molecule has 0 bridgehead atoms. The van der Waals surface area contributed by atoms with Crippen molar-refractivity contribution in [3.05, 3.63) is 49.1 Å². The topological polar surface area (TPSA) is 59.1 Å². The summed E-state index contributed by atoms with van der Waals surface area (Å²) in [5, 5.41) is 9.71. The minimum atomic E-state index is 0.242. The van der Waals surface area contributed by atoms with Crippen molar-refractivity contribution in [3.63, 3.8) is 0 Å². The van der Waals surface area contributed by atoms with Gasteiger partial charge in [-0.1, -0.05) is 36.8 Å². The molecule has 0 saturated carbocycles. The van der Waals surface area contributed by atoms with E-state index in [0.29, 0.717) is 0 Å². The molecule has 1 aromatic carbocycles. The Morgan fingerprint density at radius 3 is 2.71 bits per heavy atom. The van der Waals surface area contributed by atoms with E-state index in [0.717, 1.165) is 55.4 Å². The normalized spacial score (nSPS) is 17.9. The van der Waals surface area contributed by atoms with Gasteiger partial charge in [0.25, 0.3) is 0 Å². The average Bonchev–Trinajstić information content (AvgIpc) is 3.39. The molecule has 6 nitrogen and oxygen atoms in total. The summed E-state index contributed by atoms with van der Waals surface area (Å²) in [5.74, 6) is 0.955. The number of rotatable bonds is 7. The molecule has 0 aliphatic carbocycles. The van der Waals surface area contributed by atoms with Crippen molar-refractivity contribution in [1.82, 2.24) is 24.0 Å². The van der Waals surface area contributed by atoms with Crippen molar-refractivity contribution in [2.75, 3.05) is 19.7 Å². The molecule has 6 heteroatoms. The third-order valence-electron chi connectivity index (χ3n) is 5.74. The quantitative estimate of drug-likeness (QED) is 0.684. The maximum absolute atomic E-state index is 9.71. The smallest absolute Gasteiger partial charge is 0.158 e. The van der Waals surface area contributed by atoms with Crippen LogP contribution in [0.15, 0.2) is 49.1 Å². The second kappa shape index (κ2) is 8.71. The van der Waals surface area contributed by atoms with Crippen LogP contribution in [0.1, 0.15) is 26.2 Å². The first-order chi connectivity index (χ1) is 13.8. The highest BCUT2D eigenvalue weighted by molar-refractivity contribution is 5.75. The van der Waals surface area contributed by atoms with Gasteiger partial charge in [0.05, 0.1) is 18.6 Å². The molecule has 4 rings (SSSR count). The molecular formula is C22H29N5O. The van der Waals surface area contributed by atoms with Crippen molar-refractivity contribution < 1.29 is 5.11 Å². The van der Waals surface area contributed by atoms with E-state index in [4.69, 9.17) is 4.98 Å². The summed E-state index contributed by atoms with van der Waals surface area (Å²) in [5.41, 5.74) is 3.14. The predicted molar refractivity (Wildman–Crippen MR) is 111 cm³/mol. The van der Waals surface area contributed by atoms with Gasteiger partial charge < -0.3 is 14.2 Å². The molecule has 1 aliphatic heterocycles. The lowest BCUT2D eigenvalue weighted by molar-refractivity contribution is 0.0872. The second-order valence-electron chi connectivity index (χ2n) is 7.41. The van der Waals surface area contributed by atoms with Crippen LogP contribution < -0.4 is 0 Å². The number of piperidine rings is 1. The third-order valence-corrected chi connectivity index (χ3v) is 5.74. The molecule has 1 saturated heterocycles. The van der Waals surface area contributed by atoms with Crippen LogP contribution in [0.2, 0.25) is 0 Å². The lowest BCUT2D eigenvalue weighted by Gasteiger charge is -2.34. The molecule has 3 heterocycles. The number of aryl methyl sites for hydroxylation is 1. The molecule has 1 unspecified atom stereocenters. The number of likely N-dealkylation sites (tertiary alicyclic amines) is 1. The SMILES string of the molecule is CCn1ccnc1-c1c(-c2ccccc2)ncn1CCN1CCCCC1CO. The predicted octanol–water partition coefficient (Wildman–Crippen LogP) is 3.28. The summed E-state index contributed by atoms with van der Waals surface area (Å²) in [6, 6.07) is 10.6. The zero-order valence-electron chi connectivity index (χ0n) is 16.5. The van der Waals surface area contributed by atoms with E-state index in [-0.39, 0.29) is 12.6 Å². The van der Waals surface area contributed by atoms with Gasteiger partial charge in [-0.15, -0.1) is 0 Å². The van der Waals surface area contributed by atoms with Gasteiger partial charge in [-0.2, -0.15) is 0 Å². The average molecular weight is 380 g/mol. The monoisotopic (exact) mass is 379 g/mol. The summed E-state index contributed by atoms with van der Waals surface area (Å²) >= 11 is 0. The van der Waals surface area contributed by atoms with E-state index >= 15 is 0 Å². The van der Waals surface area contributed by atoms with Crippen molar-refractivity contribution in [2.24, 2.45) is 0 Å². The van der Waals surface area contributed by atoms with Gasteiger partial charge in [0.1, 0.15) is 5.69 Å². The number of imidazole rings is 2. The molecule has 1 N–H and O–H groups in total. The fourth-order valence-electron chi connectivity index (χ4n) is 4.17. The number of hydrogen-bond acceptors (Lipinski definition) is 4. The summed E-state index contributed by atoms with van der Waals surface area (Å²) in [7, 11) is 0. The minimum absolute atomic E-state index is 0.242. The molecule has 0 amide bonds. The van der Waals surface area contributed by atoms with Gasteiger partial charge in [0.15, 0.2) is 5.82 Å². The van der Waals surface area contributed by atoms with Crippen molar-refractivity contribution in [2.45, 2.75) is 45.3 Å². The first-order valence-electron chi connectivity index (χ1n) is 10.3. The Labute approximate surface area is 166 Å². The zero-order chi connectivity index (χ0) is 19.3. The number of benzene rings is 1. The van der Waals surface area contributed by atoms with Crippen molar-refractivity contribution in [1.29, 1.82) is 0 Å². The van der Waals surface area contributed by atoms with Crippen LogP contribution in [0.5, 0.6) is 0 Å². The molecule has 2 aromatic heterocycles. The van der Waals surface area contributed by atoms with Crippen LogP contribution in [0, 0.1) is 0 Å². The highest BCUT2D eigenvalue weighted by Gasteiger charge is 2.23. The van der Waals surface area contributed by atoms with Crippen LogP contribution in [0.25, 0.3) is 22.8 Å². The molecule has 0 radical (unpaired) electrons. The van der Waals surface area contributed by atoms with E-state index in [1.165, 1.54) is 12.8 Å². The summed E-state index contributed by atoms with van der Waals surface area (Å²) in [4.78, 5) is 11.8. The Kier molecular flexibility index (Phi) is 5.88. The van der Waals surface area contributed by atoms with Crippen LogP contribution in [0.4, 0.5) is 0 Å². The number of nitrogens with zero attached hydrogens (tertiary/aromatic N) is 5. The van der Waals surface area contributed by atoms with Crippen LogP contribution >= 0.6 is 0 Å². The summed E-state index contributed by atoms with van der Waals surface area (Å²) in [6.45, 7) is 6.05. The van der Waals surface area contributed by atoms with E-state index < -0.39 is 0 Å². The Balaban J connectivity index is 1.66. The van der Waals surface area contributed by atoms with Gasteiger partial charge in [0, 0.05) is 43.6 Å². The van der Waals surface area contributed by atoms with E-state index in [9.17, 15) is 5.11 Å². The molecule has 1 atom stereocenters. The maximum atomic E-state index is 9.71. The minimum Gasteiger partial charge on any atom is -0.395 e. The Hall–Kier alpha value is -2.44. The lowest BCUT2D eigenvalue weighted by Crippen LogP contribution is -2.43. The molecule has 3 aromatic rings. The van der Waals surface area contributed by atoms with Crippen molar-refractivity contribution in [3.8, 4) is 22.8 Å². The third kappa shape index (κ3) is 3.75. The van der Waals surface area contributed by atoms with Gasteiger partial charge in [0.2, 0.25) is 0 Å². The molecule has 1 fully saturated rings. The van der Waals surface area contributed by atoms with E-state index in [1.54, 1.807) is 0 Å². The zero-order valence-corrected chi connectivity index (χ0v) is 16.5. The summed E-state index contributed by atoms with van der Waals surface area (Å²) < 4.78 is 4.39. The number of aliphatic hydroxyl groups excluding tert-OH is 1. The fourth-order valence-corrected chi connectivity index (χ4v) is 4.17. The largest absolute Gasteiger partial charge is 0.395 e. The molecule has 0 spiro atoms. The Bertz CT molecular complexity index is 885. The van der Waals surface area contributed by atoms with Gasteiger partial charge in [-0.05, 0) is 26.3 Å². The van der Waals surface area contributed by atoms with Crippen LogP contribution in [-0.2, 0) is 13.1 Å². The highest BCUT2D eigenvalue weighted by Crippen LogP contribution is 2.30. The maximum Gasteiger partial charge on any atom is 0.158 e. The number of aliphatic hydroxyl groups is 1. The number of hydrogen-bond donors (Lipinski definition) is 1. The van der Waals surface area contributed by atoms with Crippen molar-refractivity contribution >= 4 is 0 Å². The molecular weight excluding hydrogens is 350 g/mol. The van der Waals surface area contributed by atoms with E-state index in [2.05, 4.69) is 38.1 Å². The number of aromatic nitrogens is 4. The van der Waals surface area contributed by atoms with Crippen LogP contribution in [0.3, 0.4) is 0 Å². The second-order valence-corrected chi connectivity index (χ2v) is 7.41. The summed E-state index contributed by atoms with van der Waals surface area (Å²) in [6.07, 6.45) is 9.32. The Morgan fingerprint density at radius 1 is 1.07 bits per heavy atom. The Morgan fingerprint density at radius 2 is 1.93 bits per heavy atom. The molecule has 148 valence electrons. The first-order valence-corrected chi connectivity index (χ1v) is 10.3. The first kappa shape index (κ1) is 18.9. The highest BCUT2D eigenvalue weighted by atomic mass is 16.3. The fraction of sp³-hybridized carbons (Fsp3) is 0.455. The van der Waals surface area contributed by atoms with Gasteiger partial charge in [-0.3, -0.25) is 4.90 Å². The van der Waals surface area contributed by atoms with E-state index in [1.807, 2.05) is 36.9 Å². The molecule has 1 aliphatic rings. The van der Waals surface area contributed by atoms with Crippen LogP contribution in [-0.4, -0.2) is 54.8 Å². The standard InChI is InChI=1S/C22H29N5O/c1-2-25-13-11-23-22(25)21-20(18-8-4-3-5-9-18)24-17-27(21)15-14-26-12-7-6-10-19(26)16-28/h3-5,8-9,11,13,17,19,28H,2,6-7,10,12,14-16H2,1H3. The van der Waals surface area contributed by atoms with Gasteiger partial charge >= 0.3 is 0 Å². The molecule has 28 heavy (non-hydrogen) atoms.